The Morgan fingerprint density at radius 1 is 0.609 bits per heavy atom. The summed E-state index contributed by atoms with van der Waals surface area (Å²) >= 11 is 0. The van der Waals surface area contributed by atoms with Gasteiger partial charge in [-0.05, 0) is 34.0 Å². The summed E-state index contributed by atoms with van der Waals surface area (Å²) in [5.74, 6) is 0. The topological polar surface area (TPSA) is 12.4 Å². The van der Waals surface area contributed by atoms with Crippen LogP contribution >= 0.6 is 0 Å². The minimum absolute atomic E-state index is 0.862. The summed E-state index contributed by atoms with van der Waals surface area (Å²) in [5, 5.41) is 4.95. The Morgan fingerprint density at radius 2 is 1.13 bits per heavy atom. The van der Waals surface area contributed by atoms with Gasteiger partial charge in [-0.25, -0.2) is 0 Å². The lowest BCUT2D eigenvalue weighted by molar-refractivity contribution is 1.21. The molecule has 4 rings (SSSR count). The van der Waals surface area contributed by atoms with E-state index in [0.717, 1.165) is 12.1 Å². The summed E-state index contributed by atoms with van der Waals surface area (Å²) in [6.07, 6.45) is 0.862. The fourth-order valence-electron chi connectivity index (χ4n) is 3.36. The number of rotatable bonds is 3. The van der Waals surface area contributed by atoms with Gasteiger partial charge in [0.25, 0.3) is 0 Å². The van der Waals surface area contributed by atoms with E-state index in [1.807, 2.05) is 0 Å². The van der Waals surface area contributed by atoms with Gasteiger partial charge in [-0.3, -0.25) is 4.99 Å². The van der Waals surface area contributed by atoms with E-state index in [2.05, 4.69) is 90.6 Å². The standard InChI is InChI=1S/C22H17N/c1-23-22-20-14-8-7-12-18(20)17-11-5-6-13-19(17)21(22)15-16-9-3-2-4-10-16/h2-14H,1,15H2. The van der Waals surface area contributed by atoms with Gasteiger partial charge in [0, 0.05) is 11.8 Å². The normalized spacial score (nSPS) is 11.0. The molecule has 0 aliphatic carbocycles. The van der Waals surface area contributed by atoms with Gasteiger partial charge in [0.05, 0.1) is 5.69 Å². The Morgan fingerprint density at radius 3 is 1.78 bits per heavy atom. The van der Waals surface area contributed by atoms with Crippen molar-refractivity contribution in [2.24, 2.45) is 4.99 Å². The molecule has 0 saturated heterocycles. The van der Waals surface area contributed by atoms with E-state index in [1.165, 1.54) is 32.7 Å². The van der Waals surface area contributed by atoms with Crippen molar-refractivity contribution in [2.75, 3.05) is 0 Å². The second-order valence-electron chi connectivity index (χ2n) is 5.74. The molecule has 0 heterocycles. The Hall–Kier alpha value is -2.93. The molecular weight excluding hydrogens is 278 g/mol. The van der Waals surface area contributed by atoms with Crippen LogP contribution in [0.4, 0.5) is 5.69 Å². The lowest BCUT2D eigenvalue weighted by Crippen LogP contribution is -1.93. The van der Waals surface area contributed by atoms with Crippen molar-refractivity contribution in [1.82, 2.24) is 0 Å². The van der Waals surface area contributed by atoms with Crippen LogP contribution in [0.1, 0.15) is 11.1 Å². The van der Waals surface area contributed by atoms with E-state index >= 15 is 0 Å². The van der Waals surface area contributed by atoms with Gasteiger partial charge in [0.15, 0.2) is 0 Å². The first-order valence-corrected chi connectivity index (χ1v) is 7.81. The Balaban J connectivity index is 2.09. The zero-order valence-electron chi connectivity index (χ0n) is 12.9. The average molecular weight is 295 g/mol. The van der Waals surface area contributed by atoms with Crippen LogP contribution in [-0.4, -0.2) is 6.72 Å². The highest BCUT2D eigenvalue weighted by atomic mass is 14.7. The van der Waals surface area contributed by atoms with Crippen LogP contribution in [0.15, 0.2) is 83.9 Å². The molecule has 0 fully saturated rings. The maximum absolute atomic E-state index is 4.39. The van der Waals surface area contributed by atoms with Gasteiger partial charge < -0.3 is 0 Å². The van der Waals surface area contributed by atoms with Gasteiger partial charge in [-0.1, -0.05) is 78.9 Å². The first kappa shape index (κ1) is 13.7. The summed E-state index contributed by atoms with van der Waals surface area (Å²) in [6, 6.07) is 27.6. The molecule has 0 amide bonds. The fourth-order valence-corrected chi connectivity index (χ4v) is 3.36. The van der Waals surface area contributed by atoms with Crippen molar-refractivity contribution < 1.29 is 0 Å². The van der Waals surface area contributed by atoms with Gasteiger partial charge in [0.1, 0.15) is 0 Å². The number of benzene rings is 4. The summed E-state index contributed by atoms with van der Waals surface area (Å²) < 4.78 is 0. The van der Waals surface area contributed by atoms with E-state index in [-0.39, 0.29) is 0 Å². The second-order valence-corrected chi connectivity index (χ2v) is 5.74. The lowest BCUT2D eigenvalue weighted by Gasteiger charge is -2.14. The Labute approximate surface area is 135 Å². The molecule has 4 aromatic rings. The van der Waals surface area contributed by atoms with Gasteiger partial charge in [-0.15, -0.1) is 0 Å². The van der Waals surface area contributed by atoms with E-state index in [0.29, 0.717) is 0 Å². The van der Waals surface area contributed by atoms with Crippen LogP contribution in [-0.2, 0) is 6.42 Å². The molecule has 23 heavy (non-hydrogen) atoms. The van der Waals surface area contributed by atoms with Gasteiger partial charge >= 0.3 is 0 Å². The summed E-state index contributed by atoms with van der Waals surface area (Å²) in [4.78, 5) is 4.39. The van der Waals surface area contributed by atoms with Crippen molar-refractivity contribution in [3.8, 4) is 0 Å². The number of hydrogen-bond donors (Lipinski definition) is 0. The van der Waals surface area contributed by atoms with Gasteiger partial charge in [-0.2, -0.15) is 0 Å². The quantitative estimate of drug-likeness (QED) is 0.329. The highest BCUT2D eigenvalue weighted by Gasteiger charge is 2.13. The van der Waals surface area contributed by atoms with Crippen molar-refractivity contribution in [3.63, 3.8) is 0 Å². The molecule has 0 unspecified atom stereocenters. The molecule has 110 valence electrons. The molecule has 0 aromatic heterocycles. The third-order valence-corrected chi connectivity index (χ3v) is 4.39. The predicted octanol–water partition coefficient (Wildman–Crippen LogP) is 5.92. The molecule has 0 bridgehead atoms. The molecule has 0 spiro atoms. The number of hydrogen-bond acceptors (Lipinski definition) is 1. The number of nitrogens with zero attached hydrogens (tertiary/aromatic N) is 1. The molecule has 0 saturated carbocycles. The average Bonchev–Trinajstić information content (AvgIpc) is 2.63. The Kier molecular flexibility index (Phi) is 3.39. The summed E-state index contributed by atoms with van der Waals surface area (Å²) in [5.41, 5.74) is 3.54. The summed E-state index contributed by atoms with van der Waals surface area (Å²) in [7, 11) is 0. The fraction of sp³-hybridized carbons (Fsp3) is 0.0455. The molecule has 0 N–H and O–H groups in total. The van der Waals surface area contributed by atoms with Crippen molar-refractivity contribution >= 4 is 33.9 Å². The molecule has 0 atom stereocenters. The van der Waals surface area contributed by atoms with E-state index < -0.39 is 0 Å². The lowest BCUT2D eigenvalue weighted by atomic mass is 9.91. The van der Waals surface area contributed by atoms with Crippen molar-refractivity contribution in [3.05, 3.63) is 90.0 Å². The van der Waals surface area contributed by atoms with E-state index in [9.17, 15) is 0 Å². The van der Waals surface area contributed by atoms with Crippen molar-refractivity contribution in [2.45, 2.75) is 6.42 Å². The molecule has 1 nitrogen and oxygen atoms in total. The zero-order valence-corrected chi connectivity index (χ0v) is 12.9. The third kappa shape index (κ3) is 2.31. The van der Waals surface area contributed by atoms with E-state index in [4.69, 9.17) is 0 Å². The van der Waals surface area contributed by atoms with Crippen LogP contribution in [0.3, 0.4) is 0 Å². The third-order valence-electron chi connectivity index (χ3n) is 4.39. The van der Waals surface area contributed by atoms with Crippen molar-refractivity contribution in [1.29, 1.82) is 0 Å². The van der Waals surface area contributed by atoms with Crippen LogP contribution in [0.2, 0.25) is 0 Å². The van der Waals surface area contributed by atoms with Crippen LogP contribution in [0.25, 0.3) is 21.5 Å². The van der Waals surface area contributed by atoms with Gasteiger partial charge in [0.2, 0.25) is 0 Å². The van der Waals surface area contributed by atoms with E-state index in [1.54, 1.807) is 0 Å². The summed E-state index contributed by atoms with van der Waals surface area (Å²) in [6.45, 7) is 3.84. The first-order chi connectivity index (χ1) is 11.4. The highest BCUT2D eigenvalue weighted by molar-refractivity contribution is 6.14. The molecular formula is C22H17N. The number of fused-ring (bicyclic) bond motifs is 3. The van der Waals surface area contributed by atoms with Crippen LogP contribution < -0.4 is 0 Å². The first-order valence-electron chi connectivity index (χ1n) is 7.81. The monoisotopic (exact) mass is 295 g/mol. The molecule has 4 aromatic carbocycles. The SMILES string of the molecule is C=Nc1c(Cc2ccccc2)c2ccccc2c2ccccc12. The molecule has 0 radical (unpaired) electrons. The minimum atomic E-state index is 0.862. The smallest absolute Gasteiger partial charge is 0.0742 e. The zero-order chi connectivity index (χ0) is 15.6. The predicted molar refractivity (Wildman–Crippen MR) is 99.9 cm³/mol. The molecule has 0 aliphatic heterocycles. The van der Waals surface area contributed by atoms with Crippen LogP contribution in [0, 0.1) is 0 Å². The van der Waals surface area contributed by atoms with Crippen LogP contribution in [0.5, 0.6) is 0 Å². The molecule has 0 aliphatic rings. The molecule has 1 heteroatoms. The maximum Gasteiger partial charge on any atom is 0.0742 e. The maximum atomic E-state index is 4.39. The highest BCUT2D eigenvalue weighted by Crippen LogP contribution is 2.38. The number of aliphatic imine (C=N–C) groups is 1. The second kappa shape index (κ2) is 5.69. The Bertz CT molecular complexity index is 1000. The largest absolute Gasteiger partial charge is 0.264 e. The minimum Gasteiger partial charge on any atom is -0.264 e.